The van der Waals surface area contributed by atoms with Gasteiger partial charge in [0.2, 0.25) is 11.8 Å². The van der Waals surface area contributed by atoms with Crippen molar-refractivity contribution in [3.63, 3.8) is 0 Å². The summed E-state index contributed by atoms with van der Waals surface area (Å²) in [6.45, 7) is 4.02. The summed E-state index contributed by atoms with van der Waals surface area (Å²) in [5, 5.41) is 2.87. The second-order valence-electron chi connectivity index (χ2n) is 6.82. The average Bonchev–Trinajstić information content (AvgIpc) is 2.63. The first-order valence-electron chi connectivity index (χ1n) is 9.31. The summed E-state index contributed by atoms with van der Waals surface area (Å²) < 4.78 is 0. The van der Waals surface area contributed by atoms with Crippen LogP contribution in [0.1, 0.15) is 50.5 Å². The minimum atomic E-state index is -0.0447. The number of anilines is 1. The Balaban J connectivity index is 1.68. The number of likely N-dealkylation sites (tertiary alicyclic amines) is 1. The predicted molar refractivity (Wildman–Crippen MR) is 99.0 cm³/mol. The number of nitrogens with zero attached hydrogens (tertiary/aromatic N) is 2. The van der Waals surface area contributed by atoms with Crippen molar-refractivity contribution in [2.45, 2.75) is 51.9 Å². The van der Waals surface area contributed by atoms with Crippen LogP contribution in [0.15, 0.2) is 18.3 Å². The highest BCUT2D eigenvalue weighted by Gasteiger charge is 2.27. The standard InChI is InChI=1S/C19H30N4O2/c1-15-7-8-17(21-14-15)22-19(25)16-9-12-23(13-10-16)18(24)6-4-2-3-5-11-20/h7-8,14,16H,2-6,9-13,20H2,1H3,(H,21,22,25). The highest BCUT2D eigenvalue weighted by atomic mass is 16.2. The lowest BCUT2D eigenvalue weighted by Crippen LogP contribution is -2.41. The Bertz CT molecular complexity index is 551. The number of carbonyl (C=O) groups is 2. The third kappa shape index (κ3) is 6.46. The first-order chi connectivity index (χ1) is 12.1. The molecule has 1 aliphatic heterocycles. The molecule has 0 bridgehead atoms. The van der Waals surface area contributed by atoms with Crippen LogP contribution < -0.4 is 11.1 Å². The lowest BCUT2D eigenvalue weighted by Gasteiger charge is -2.31. The number of hydrogen-bond donors (Lipinski definition) is 2. The number of rotatable bonds is 8. The molecule has 2 heterocycles. The Kier molecular flexibility index (Phi) is 7.85. The summed E-state index contributed by atoms with van der Waals surface area (Å²) in [5.41, 5.74) is 6.53. The summed E-state index contributed by atoms with van der Waals surface area (Å²) >= 11 is 0. The lowest BCUT2D eigenvalue weighted by molar-refractivity contribution is -0.134. The normalized spacial score (nSPS) is 15.2. The van der Waals surface area contributed by atoms with Gasteiger partial charge in [-0.1, -0.05) is 18.9 Å². The molecule has 6 nitrogen and oxygen atoms in total. The third-order valence-corrected chi connectivity index (χ3v) is 4.73. The van der Waals surface area contributed by atoms with Crippen LogP contribution in [0, 0.1) is 12.8 Å². The van der Waals surface area contributed by atoms with Crippen molar-refractivity contribution in [3.8, 4) is 0 Å². The van der Waals surface area contributed by atoms with Crippen molar-refractivity contribution >= 4 is 17.6 Å². The number of nitrogens with one attached hydrogen (secondary N) is 1. The Morgan fingerprint density at radius 1 is 1.20 bits per heavy atom. The summed E-state index contributed by atoms with van der Waals surface area (Å²) in [6, 6.07) is 3.74. The van der Waals surface area contributed by atoms with Crippen LogP contribution in [0.4, 0.5) is 5.82 Å². The highest BCUT2D eigenvalue weighted by molar-refractivity contribution is 5.91. The SMILES string of the molecule is Cc1ccc(NC(=O)C2CCN(C(=O)CCCCCCN)CC2)nc1. The molecule has 1 fully saturated rings. The molecule has 1 saturated heterocycles. The monoisotopic (exact) mass is 346 g/mol. The van der Waals surface area contributed by atoms with E-state index in [1.165, 1.54) is 0 Å². The zero-order chi connectivity index (χ0) is 18.1. The minimum Gasteiger partial charge on any atom is -0.343 e. The van der Waals surface area contributed by atoms with Gasteiger partial charge >= 0.3 is 0 Å². The Labute approximate surface area is 150 Å². The highest BCUT2D eigenvalue weighted by Crippen LogP contribution is 2.20. The molecule has 1 aromatic heterocycles. The van der Waals surface area contributed by atoms with Gasteiger partial charge < -0.3 is 16.0 Å². The van der Waals surface area contributed by atoms with Gasteiger partial charge in [-0.05, 0) is 50.8 Å². The van der Waals surface area contributed by atoms with Gasteiger partial charge in [-0.15, -0.1) is 0 Å². The van der Waals surface area contributed by atoms with Crippen molar-refractivity contribution in [1.29, 1.82) is 0 Å². The van der Waals surface area contributed by atoms with E-state index in [-0.39, 0.29) is 17.7 Å². The molecule has 0 unspecified atom stereocenters. The zero-order valence-corrected chi connectivity index (χ0v) is 15.2. The Morgan fingerprint density at radius 3 is 2.56 bits per heavy atom. The number of amides is 2. The van der Waals surface area contributed by atoms with Crippen LogP contribution in [0.25, 0.3) is 0 Å². The lowest BCUT2D eigenvalue weighted by atomic mass is 9.95. The number of nitrogens with two attached hydrogens (primary N) is 1. The summed E-state index contributed by atoms with van der Waals surface area (Å²) in [5.74, 6) is 0.764. The van der Waals surface area contributed by atoms with Crippen LogP contribution in [0.2, 0.25) is 0 Å². The van der Waals surface area contributed by atoms with E-state index in [1.54, 1.807) is 6.20 Å². The number of aryl methyl sites for hydroxylation is 1. The largest absolute Gasteiger partial charge is 0.343 e. The zero-order valence-electron chi connectivity index (χ0n) is 15.2. The van der Waals surface area contributed by atoms with Crippen molar-refractivity contribution in [1.82, 2.24) is 9.88 Å². The van der Waals surface area contributed by atoms with Gasteiger partial charge in [-0.25, -0.2) is 4.98 Å². The molecule has 1 aromatic rings. The number of unbranched alkanes of at least 4 members (excludes halogenated alkanes) is 3. The van der Waals surface area contributed by atoms with Crippen LogP contribution in [-0.2, 0) is 9.59 Å². The molecule has 0 aromatic carbocycles. The molecule has 3 N–H and O–H groups in total. The van der Waals surface area contributed by atoms with Gasteiger partial charge in [0.15, 0.2) is 0 Å². The van der Waals surface area contributed by atoms with E-state index in [0.717, 1.165) is 50.6 Å². The predicted octanol–water partition coefficient (Wildman–Crippen LogP) is 2.48. The van der Waals surface area contributed by atoms with E-state index >= 15 is 0 Å². The topological polar surface area (TPSA) is 88.3 Å². The van der Waals surface area contributed by atoms with Gasteiger partial charge in [0.25, 0.3) is 0 Å². The first-order valence-corrected chi connectivity index (χ1v) is 9.31. The fourth-order valence-electron chi connectivity index (χ4n) is 3.09. The molecule has 25 heavy (non-hydrogen) atoms. The van der Waals surface area contributed by atoms with Gasteiger partial charge in [-0.3, -0.25) is 9.59 Å². The van der Waals surface area contributed by atoms with Crippen molar-refractivity contribution in [2.75, 3.05) is 25.0 Å². The second-order valence-corrected chi connectivity index (χ2v) is 6.82. The van der Waals surface area contributed by atoms with Gasteiger partial charge in [-0.2, -0.15) is 0 Å². The van der Waals surface area contributed by atoms with Crippen molar-refractivity contribution in [3.05, 3.63) is 23.9 Å². The summed E-state index contributed by atoms with van der Waals surface area (Å²) in [7, 11) is 0. The maximum absolute atomic E-state index is 12.3. The fourth-order valence-corrected chi connectivity index (χ4v) is 3.09. The summed E-state index contributed by atoms with van der Waals surface area (Å²) in [6.07, 6.45) is 7.90. The minimum absolute atomic E-state index is 0.00485. The molecule has 0 spiro atoms. The molecule has 0 atom stereocenters. The van der Waals surface area contributed by atoms with Gasteiger partial charge in [0, 0.05) is 31.6 Å². The molecule has 6 heteroatoms. The van der Waals surface area contributed by atoms with Crippen LogP contribution in [0.5, 0.6) is 0 Å². The average molecular weight is 346 g/mol. The number of pyridine rings is 1. The van der Waals surface area contributed by atoms with Crippen LogP contribution >= 0.6 is 0 Å². The Hall–Kier alpha value is -1.95. The van der Waals surface area contributed by atoms with E-state index in [2.05, 4.69) is 10.3 Å². The molecule has 0 aliphatic carbocycles. The van der Waals surface area contributed by atoms with E-state index < -0.39 is 0 Å². The van der Waals surface area contributed by atoms with Crippen LogP contribution in [0.3, 0.4) is 0 Å². The molecule has 0 radical (unpaired) electrons. The van der Waals surface area contributed by atoms with Crippen LogP contribution in [-0.4, -0.2) is 41.3 Å². The molecular weight excluding hydrogens is 316 g/mol. The second kappa shape index (κ2) is 10.1. The third-order valence-electron chi connectivity index (χ3n) is 4.73. The Morgan fingerprint density at radius 2 is 1.92 bits per heavy atom. The maximum Gasteiger partial charge on any atom is 0.228 e. The summed E-state index contributed by atoms with van der Waals surface area (Å²) in [4.78, 5) is 30.7. The smallest absolute Gasteiger partial charge is 0.228 e. The molecule has 2 amide bonds. The van der Waals surface area contributed by atoms with E-state index in [0.29, 0.717) is 25.3 Å². The molecule has 138 valence electrons. The number of piperidine rings is 1. The fraction of sp³-hybridized carbons (Fsp3) is 0.632. The van der Waals surface area contributed by atoms with E-state index in [9.17, 15) is 9.59 Å². The van der Waals surface area contributed by atoms with Gasteiger partial charge in [0.1, 0.15) is 5.82 Å². The first kappa shape index (κ1) is 19.4. The van der Waals surface area contributed by atoms with Gasteiger partial charge in [0.05, 0.1) is 0 Å². The van der Waals surface area contributed by atoms with E-state index in [1.807, 2.05) is 24.0 Å². The molecule has 0 saturated carbocycles. The van der Waals surface area contributed by atoms with Crippen molar-refractivity contribution in [2.24, 2.45) is 11.7 Å². The van der Waals surface area contributed by atoms with E-state index in [4.69, 9.17) is 5.73 Å². The number of aromatic nitrogens is 1. The molecule has 2 rings (SSSR count). The number of hydrogen-bond acceptors (Lipinski definition) is 4. The molecular formula is C19H30N4O2. The van der Waals surface area contributed by atoms with Crippen molar-refractivity contribution < 1.29 is 9.59 Å². The maximum atomic E-state index is 12.3. The molecule has 1 aliphatic rings. The quantitative estimate of drug-likeness (QED) is 0.708. The number of carbonyl (C=O) groups excluding carboxylic acids is 2.